The second-order valence-corrected chi connectivity index (χ2v) is 6.53. The fourth-order valence-corrected chi connectivity index (χ4v) is 2.86. The number of carbonyl (C=O) groups excluding carboxylic acids is 2. The fraction of sp³-hybridized carbons (Fsp3) is 0.333. The molecule has 3 rings (SSSR count). The Labute approximate surface area is 144 Å². The van der Waals surface area contributed by atoms with Crippen molar-refractivity contribution in [3.8, 4) is 0 Å². The van der Waals surface area contributed by atoms with E-state index in [0.717, 1.165) is 18.4 Å². The molecule has 0 aliphatic heterocycles. The number of carbonyl (C=O) groups is 2. The van der Waals surface area contributed by atoms with Crippen LogP contribution in [0.1, 0.15) is 23.3 Å². The third-order valence-electron chi connectivity index (χ3n) is 3.55. The Morgan fingerprint density at radius 1 is 1.28 bits per heavy atom. The largest absolute Gasteiger partial charge is 0.427 e. The van der Waals surface area contributed by atoms with Crippen molar-refractivity contribution >= 4 is 28.3 Å². The number of aromatic nitrogens is 2. The maximum atomic E-state index is 12.6. The highest BCUT2D eigenvalue weighted by atomic mass is 32.1. The van der Waals surface area contributed by atoms with Gasteiger partial charge in [-0.15, -0.1) is 0 Å². The van der Waals surface area contributed by atoms with Crippen molar-refractivity contribution in [2.45, 2.75) is 31.6 Å². The first-order valence-corrected chi connectivity index (χ1v) is 8.20. The summed E-state index contributed by atoms with van der Waals surface area (Å²) in [5.41, 5.74) is 0.816. The van der Waals surface area contributed by atoms with E-state index < -0.39 is 22.9 Å². The molecule has 2 aromatic rings. The van der Waals surface area contributed by atoms with Gasteiger partial charge in [-0.2, -0.15) is 13.2 Å². The number of nitrogens with zero attached hydrogens (tertiary/aromatic N) is 3. The molecule has 1 saturated carbocycles. The van der Waals surface area contributed by atoms with E-state index in [9.17, 15) is 22.8 Å². The third-order valence-corrected chi connectivity index (χ3v) is 4.51. The Bertz CT molecular complexity index is 775. The average Bonchev–Trinajstić information content (AvgIpc) is 3.30. The summed E-state index contributed by atoms with van der Waals surface area (Å²) in [4.78, 5) is 32.4. The molecule has 0 saturated heterocycles. The molecular weight excluding hydrogens is 357 g/mol. The summed E-state index contributed by atoms with van der Waals surface area (Å²) in [5, 5.41) is 1.89. The lowest BCUT2D eigenvalue weighted by Gasteiger charge is -2.21. The number of rotatable bonds is 4. The minimum atomic E-state index is -4.54. The Morgan fingerprint density at radius 2 is 1.96 bits per heavy atom. The van der Waals surface area contributed by atoms with Gasteiger partial charge >= 0.3 is 18.0 Å². The number of pyridine rings is 1. The highest BCUT2D eigenvalue weighted by Gasteiger charge is 2.37. The van der Waals surface area contributed by atoms with E-state index in [0.29, 0.717) is 6.20 Å². The molecule has 132 valence electrons. The van der Waals surface area contributed by atoms with Crippen LogP contribution in [0.25, 0.3) is 0 Å². The van der Waals surface area contributed by atoms with Crippen LogP contribution in [0.15, 0.2) is 30.7 Å². The van der Waals surface area contributed by atoms with Crippen LogP contribution in [0.5, 0.6) is 0 Å². The minimum absolute atomic E-state index is 0.0338. The second-order valence-electron chi connectivity index (χ2n) is 5.50. The first-order valence-electron chi connectivity index (χ1n) is 7.38. The van der Waals surface area contributed by atoms with Crippen LogP contribution >= 0.6 is 11.3 Å². The molecule has 2 amide bonds. The van der Waals surface area contributed by atoms with Crippen LogP contribution in [-0.4, -0.2) is 32.7 Å². The molecule has 2 aromatic heterocycles. The van der Waals surface area contributed by atoms with Gasteiger partial charge in [0.05, 0.1) is 6.20 Å². The predicted octanol–water partition coefficient (Wildman–Crippen LogP) is 2.69. The van der Waals surface area contributed by atoms with Gasteiger partial charge in [-0.1, -0.05) is 11.3 Å². The first kappa shape index (κ1) is 17.3. The highest BCUT2D eigenvalue weighted by molar-refractivity contribution is 7.15. The topological polar surface area (TPSA) is 75.2 Å². The molecule has 1 aliphatic carbocycles. The summed E-state index contributed by atoms with van der Waals surface area (Å²) in [7, 11) is 0. The van der Waals surface area contributed by atoms with E-state index in [1.807, 2.05) is 0 Å². The van der Waals surface area contributed by atoms with Crippen LogP contribution in [0.4, 0.5) is 18.3 Å². The van der Waals surface area contributed by atoms with Gasteiger partial charge in [-0.25, -0.2) is 4.98 Å². The maximum Gasteiger partial charge on any atom is 0.427 e. The van der Waals surface area contributed by atoms with Crippen molar-refractivity contribution in [3.63, 3.8) is 0 Å². The van der Waals surface area contributed by atoms with Crippen molar-refractivity contribution in [3.05, 3.63) is 41.2 Å². The summed E-state index contributed by atoms with van der Waals surface area (Å²) in [6.07, 6.45) is 0.837. The van der Waals surface area contributed by atoms with Gasteiger partial charge in [-0.3, -0.25) is 19.9 Å². The molecule has 0 radical (unpaired) electrons. The first-order chi connectivity index (χ1) is 11.8. The van der Waals surface area contributed by atoms with Gasteiger partial charge in [-0.05, 0) is 30.5 Å². The van der Waals surface area contributed by atoms with Gasteiger partial charge in [0.2, 0.25) is 0 Å². The molecule has 1 aliphatic rings. The van der Waals surface area contributed by atoms with Gasteiger partial charge in [0.25, 0.3) is 0 Å². The second kappa shape index (κ2) is 6.79. The normalized spacial score (nSPS) is 14.2. The van der Waals surface area contributed by atoms with Crippen LogP contribution in [0.2, 0.25) is 0 Å². The molecule has 6 nitrogen and oxygen atoms in total. The zero-order valence-electron chi connectivity index (χ0n) is 12.8. The van der Waals surface area contributed by atoms with E-state index >= 15 is 0 Å². The summed E-state index contributed by atoms with van der Waals surface area (Å²) in [6.45, 7) is 0.241. The molecule has 0 spiro atoms. The number of hydrogen-bond acceptors (Lipinski definition) is 5. The predicted molar refractivity (Wildman–Crippen MR) is 83.6 cm³/mol. The van der Waals surface area contributed by atoms with Gasteiger partial charge in [0.15, 0.2) is 5.13 Å². The zero-order chi connectivity index (χ0) is 18.0. The van der Waals surface area contributed by atoms with Gasteiger partial charge in [0, 0.05) is 25.0 Å². The SMILES string of the molecule is O=C(Nc1ncc(C(F)(F)F)s1)C(=O)N(Cc1ccncc1)C1CC1. The van der Waals surface area contributed by atoms with Gasteiger partial charge < -0.3 is 4.90 Å². The molecule has 1 N–H and O–H groups in total. The average molecular weight is 370 g/mol. The zero-order valence-corrected chi connectivity index (χ0v) is 13.6. The van der Waals surface area contributed by atoms with Crippen molar-refractivity contribution in [2.24, 2.45) is 0 Å². The molecular formula is C15H13F3N4O2S. The fourth-order valence-electron chi connectivity index (χ4n) is 2.18. The summed E-state index contributed by atoms with van der Waals surface area (Å²) < 4.78 is 37.7. The standard InChI is InChI=1S/C15H13F3N4O2S/c16-15(17,18)11-7-20-14(25-11)21-12(23)13(24)22(10-1-2-10)8-9-3-5-19-6-4-9/h3-7,10H,1-2,8H2,(H,20,21,23). The Kier molecular flexibility index (Phi) is 4.71. The molecule has 10 heteroatoms. The van der Waals surface area contributed by atoms with E-state index in [1.165, 1.54) is 4.90 Å². The monoisotopic (exact) mass is 370 g/mol. The highest BCUT2D eigenvalue weighted by Crippen LogP contribution is 2.35. The molecule has 2 heterocycles. The van der Waals surface area contributed by atoms with Crippen LogP contribution in [0, 0.1) is 0 Å². The number of amides is 2. The van der Waals surface area contributed by atoms with Crippen LogP contribution in [0.3, 0.4) is 0 Å². The third kappa shape index (κ3) is 4.32. The molecule has 25 heavy (non-hydrogen) atoms. The van der Waals surface area contributed by atoms with Crippen molar-refractivity contribution in [1.29, 1.82) is 0 Å². The number of hydrogen-bond donors (Lipinski definition) is 1. The van der Waals surface area contributed by atoms with Crippen molar-refractivity contribution in [1.82, 2.24) is 14.9 Å². The molecule has 0 atom stereocenters. The minimum Gasteiger partial charge on any atom is -0.327 e. The van der Waals surface area contributed by atoms with E-state index in [1.54, 1.807) is 24.5 Å². The van der Waals surface area contributed by atoms with Crippen LogP contribution in [-0.2, 0) is 22.3 Å². The van der Waals surface area contributed by atoms with Crippen molar-refractivity contribution in [2.75, 3.05) is 5.32 Å². The number of alkyl halides is 3. The smallest absolute Gasteiger partial charge is 0.327 e. The van der Waals surface area contributed by atoms with Gasteiger partial charge in [0.1, 0.15) is 4.88 Å². The van der Waals surface area contributed by atoms with Crippen LogP contribution < -0.4 is 5.32 Å². The van der Waals surface area contributed by atoms with E-state index in [-0.39, 0.29) is 29.1 Å². The molecule has 0 bridgehead atoms. The number of thiazole rings is 1. The molecule has 0 aromatic carbocycles. The number of halogens is 3. The summed E-state index contributed by atoms with van der Waals surface area (Å²) in [5.74, 6) is -1.79. The summed E-state index contributed by atoms with van der Waals surface area (Å²) >= 11 is 0.278. The van der Waals surface area contributed by atoms with E-state index in [4.69, 9.17) is 0 Å². The van der Waals surface area contributed by atoms with Crippen molar-refractivity contribution < 1.29 is 22.8 Å². The summed E-state index contributed by atoms with van der Waals surface area (Å²) in [6, 6.07) is 3.43. The lowest BCUT2D eigenvalue weighted by Crippen LogP contribution is -2.40. The lowest BCUT2D eigenvalue weighted by atomic mass is 10.2. The Balaban J connectivity index is 1.67. The number of nitrogens with one attached hydrogen (secondary N) is 1. The Hall–Kier alpha value is -2.49. The number of anilines is 1. The molecule has 0 unspecified atom stereocenters. The molecule has 1 fully saturated rings. The maximum absolute atomic E-state index is 12.6. The lowest BCUT2D eigenvalue weighted by molar-refractivity contribution is -0.144. The van der Waals surface area contributed by atoms with E-state index in [2.05, 4.69) is 15.3 Å². The quantitative estimate of drug-likeness (QED) is 0.840. The Morgan fingerprint density at radius 3 is 2.52 bits per heavy atom.